The molecule has 0 fully saturated rings. The molecule has 210 valence electrons. The summed E-state index contributed by atoms with van der Waals surface area (Å²) in [6.07, 6.45) is 0. The number of rotatable bonds is 9. The third kappa shape index (κ3) is 6.01. The van der Waals surface area contributed by atoms with E-state index < -0.39 is 23.4 Å². The maximum Gasteiger partial charge on any atom is 0.249 e. The number of nitrogens with zero attached hydrogens (tertiary/aromatic N) is 4. The zero-order chi connectivity index (χ0) is 29.0. The van der Waals surface area contributed by atoms with Gasteiger partial charge in [0.05, 0.1) is 32.5 Å². The van der Waals surface area contributed by atoms with Crippen molar-refractivity contribution in [1.82, 2.24) is 20.3 Å². The Morgan fingerprint density at radius 3 is 2.33 bits per heavy atom. The second-order valence-corrected chi connectivity index (χ2v) is 10.4. The summed E-state index contributed by atoms with van der Waals surface area (Å²) in [5.74, 6) is 0.552. The molecule has 0 aliphatic heterocycles. The van der Waals surface area contributed by atoms with Crippen molar-refractivity contribution in [2.24, 2.45) is 0 Å². The van der Waals surface area contributed by atoms with Crippen molar-refractivity contribution in [3.63, 3.8) is 0 Å². The van der Waals surface area contributed by atoms with Gasteiger partial charge in [-0.15, -0.1) is 5.10 Å². The molecule has 1 N–H and O–H groups in total. The van der Waals surface area contributed by atoms with E-state index in [0.29, 0.717) is 39.5 Å². The number of benzene rings is 3. The topological polar surface area (TPSA) is 108 Å². The molecule has 0 unspecified atom stereocenters. The smallest absolute Gasteiger partial charge is 0.249 e. The zero-order valence-electron chi connectivity index (χ0n) is 23.9. The maximum atomic E-state index is 14.4. The molecule has 1 heterocycles. The molecule has 10 nitrogen and oxygen atoms in total. The highest BCUT2D eigenvalue weighted by Crippen LogP contribution is 2.40. The fourth-order valence-corrected chi connectivity index (χ4v) is 4.53. The van der Waals surface area contributed by atoms with Gasteiger partial charge >= 0.3 is 0 Å². The number of aromatic nitrogens is 3. The first kappa shape index (κ1) is 28.4. The maximum absolute atomic E-state index is 14.4. The molecular formula is C30H35N5O5. The Kier molecular flexibility index (Phi) is 8.27. The van der Waals surface area contributed by atoms with Crippen LogP contribution in [0.1, 0.15) is 37.9 Å². The van der Waals surface area contributed by atoms with Crippen LogP contribution in [0.2, 0.25) is 0 Å². The number of methoxy groups -OCH3 is 3. The Morgan fingerprint density at radius 2 is 1.65 bits per heavy atom. The number of nitrogens with one attached hydrogen (secondary N) is 1. The van der Waals surface area contributed by atoms with Gasteiger partial charge in [-0.05, 0) is 75.7 Å². The van der Waals surface area contributed by atoms with E-state index in [-0.39, 0.29) is 6.54 Å². The molecule has 0 aliphatic carbocycles. The van der Waals surface area contributed by atoms with E-state index in [1.54, 1.807) is 24.3 Å². The van der Waals surface area contributed by atoms with Gasteiger partial charge in [-0.1, -0.05) is 23.4 Å². The van der Waals surface area contributed by atoms with Crippen LogP contribution in [-0.2, 0) is 16.1 Å². The van der Waals surface area contributed by atoms with Gasteiger partial charge in [0.25, 0.3) is 0 Å². The molecule has 0 saturated carbocycles. The average molecular weight is 546 g/mol. The molecule has 40 heavy (non-hydrogen) atoms. The lowest BCUT2D eigenvalue weighted by Crippen LogP contribution is -2.50. The van der Waals surface area contributed by atoms with Crippen molar-refractivity contribution < 1.29 is 23.8 Å². The highest BCUT2D eigenvalue weighted by Gasteiger charge is 2.38. The number of para-hydroxylation sites is 1. The number of carbonyl (C=O) groups is 2. The molecule has 0 radical (unpaired) electrons. The first-order chi connectivity index (χ1) is 19.1. The van der Waals surface area contributed by atoms with Crippen LogP contribution >= 0.6 is 0 Å². The van der Waals surface area contributed by atoms with Gasteiger partial charge in [0.1, 0.15) is 35.4 Å². The van der Waals surface area contributed by atoms with Crippen molar-refractivity contribution >= 4 is 28.5 Å². The van der Waals surface area contributed by atoms with Crippen LogP contribution in [-0.4, -0.2) is 53.7 Å². The Hall–Kier alpha value is -4.60. The lowest BCUT2D eigenvalue weighted by molar-refractivity contribution is -0.128. The predicted molar refractivity (Wildman–Crippen MR) is 153 cm³/mol. The molecule has 1 aromatic heterocycles. The fourth-order valence-electron chi connectivity index (χ4n) is 4.53. The Morgan fingerprint density at radius 1 is 0.950 bits per heavy atom. The highest BCUT2D eigenvalue weighted by molar-refractivity contribution is 6.03. The van der Waals surface area contributed by atoms with Crippen LogP contribution in [0.5, 0.6) is 17.2 Å². The quantitative estimate of drug-likeness (QED) is 0.331. The number of fused-ring (bicyclic) bond motifs is 1. The number of aryl methyl sites for hydroxylation is 1. The molecule has 0 saturated heterocycles. The normalized spacial score (nSPS) is 12.1. The van der Waals surface area contributed by atoms with Gasteiger partial charge < -0.3 is 19.5 Å². The summed E-state index contributed by atoms with van der Waals surface area (Å²) in [7, 11) is 4.58. The molecule has 0 bridgehead atoms. The van der Waals surface area contributed by atoms with Gasteiger partial charge in [0.15, 0.2) is 0 Å². The van der Waals surface area contributed by atoms with Crippen molar-refractivity contribution in [2.75, 3.05) is 26.2 Å². The summed E-state index contributed by atoms with van der Waals surface area (Å²) in [5.41, 5.74) is 2.52. The lowest BCUT2D eigenvalue weighted by Gasteiger charge is -2.35. The Balaban J connectivity index is 1.96. The molecular weight excluding hydrogens is 510 g/mol. The van der Waals surface area contributed by atoms with Crippen molar-refractivity contribution in [1.29, 1.82) is 0 Å². The first-order valence-electron chi connectivity index (χ1n) is 12.8. The number of hydrogen-bond donors (Lipinski definition) is 1. The largest absolute Gasteiger partial charge is 0.497 e. The standard InChI is InChI=1S/C30H35N5O5/c1-19-12-14-26(40-7)24(16-19)35(27(36)18-34-23-11-9-8-10-22(23)32-33-34)28(29(37)31-30(2,3)4)21-17-20(38-5)13-15-25(21)39-6/h8-17,28H,18H2,1-7H3,(H,31,37)/t28-/m1/s1. The second kappa shape index (κ2) is 11.6. The van der Waals surface area contributed by atoms with E-state index in [1.807, 2.05) is 64.1 Å². The number of carbonyl (C=O) groups excluding carboxylic acids is 2. The average Bonchev–Trinajstić information content (AvgIpc) is 3.32. The van der Waals surface area contributed by atoms with E-state index in [1.165, 1.54) is 30.9 Å². The van der Waals surface area contributed by atoms with Gasteiger partial charge in [-0.25, -0.2) is 4.68 Å². The number of ether oxygens (including phenoxy) is 3. The second-order valence-electron chi connectivity index (χ2n) is 10.4. The third-order valence-corrected chi connectivity index (χ3v) is 6.30. The number of hydrogen-bond acceptors (Lipinski definition) is 7. The minimum atomic E-state index is -1.15. The first-order valence-corrected chi connectivity index (χ1v) is 12.8. The van der Waals surface area contributed by atoms with Crippen LogP contribution in [0.4, 0.5) is 5.69 Å². The highest BCUT2D eigenvalue weighted by atomic mass is 16.5. The van der Waals surface area contributed by atoms with Crippen LogP contribution in [0.3, 0.4) is 0 Å². The third-order valence-electron chi connectivity index (χ3n) is 6.30. The van der Waals surface area contributed by atoms with E-state index in [2.05, 4.69) is 15.6 Å². The number of anilines is 1. The monoisotopic (exact) mass is 545 g/mol. The molecule has 0 spiro atoms. The van der Waals surface area contributed by atoms with E-state index in [9.17, 15) is 9.59 Å². The van der Waals surface area contributed by atoms with Crippen LogP contribution in [0.25, 0.3) is 11.0 Å². The minimum absolute atomic E-state index is 0.177. The number of amides is 2. The molecule has 4 aromatic rings. The Bertz CT molecular complexity index is 1520. The van der Waals surface area contributed by atoms with E-state index >= 15 is 0 Å². The predicted octanol–water partition coefficient (Wildman–Crippen LogP) is 4.45. The SMILES string of the molecule is COc1ccc(OC)c([C@H](C(=O)NC(C)(C)C)N(C(=O)Cn2nnc3ccccc32)c2cc(C)ccc2OC)c1. The van der Waals surface area contributed by atoms with Crippen molar-refractivity contribution in [2.45, 2.75) is 45.8 Å². The summed E-state index contributed by atoms with van der Waals surface area (Å²) in [6, 6.07) is 16.9. The molecule has 0 aliphatic rings. The van der Waals surface area contributed by atoms with Crippen LogP contribution < -0.4 is 24.4 Å². The summed E-state index contributed by atoms with van der Waals surface area (Å²) >= 11 is 0. The lowest BCUT2D eigenvalue weighted by atomic mass is 9.98. The van der Waals surface area contributed by atoms with Gasteiger partial charge in [-0.2, -0.15) is 0 Å². The van der Waals surface area contributed by atoms with Crippen LogP contribution in [0.15, 0.2) is 60.7 Å². The summed E-state index contributed by atoms with van der Waals surface area (Å²) in [6.45, 7) is 7.37. The molecule has 4 rings (SSSR count). The molecule has 2 amide bonds. The molecule has 1 atom stereocenters. The summed E-state index contributed by atoms with van der Waals surface area (Å²) < 4.78 is 18.4. The van der Waals surface area contributed by atoms with E-state index in [0.717, 1.165) is 5.56 Å². The Labute approximate surface area is 233 Å². The summed E-state index contributed by atoms with van der Waals surface area (Å²) in [5, 5.41) is 11.4. The van der Waals surface area contributed by atoms with Gasteiger partial charge in [0, 0.05) is 11.1 Å². The van der Waals surface area contributed by atoms with E-state index in [4.69, 9.17) is 14.2 Å². The molecule has 3 aromatic carbocycles. The van der Waals surface area contributed by atoms with Gasteiger partial charge in [0.2, 0.25) is 11.8 Å². The summed E-state index contributed by atoms with van der Waals surface area (Å²) in [4.78, 5) is 30.0. The van der Waals surface area contributed by atoms with Crippen molar-refractivity contribution in [3.05, 3.63) is 71.8 Å². The van der Waals surface area contributed by atoms with Crippen molar-refractivity contribution in [3.8, 4) is 17.2 Å². The molecule has 10 heteroatoms. The van der Waals surface area contributed by atoms with Gasteiger partial charge in [-0.3, -0.25) is 14.5 Å². The zero-order valence-corrected chi connectivity index (χ0v) is 23.9. The fraction of sp³-hybridized carbons (Fsp3) is 0.333. The minimum Gasteiger partial charge on any atom is -0.497 e. The van der Waals surface area contributed by atoms with Crippen LogP contribution in [0, 0.1) is 6.92 Å².